The third-order valence-corrected chi connectivity index (χ3v) is 4.30. The van der Waals surface area contributed by atoms with E-state index in [0.29, 0.717) is 45.4 Å². The molecular formula is C21H29N5O3. The van der Waals surface area contributed by atoms with E-state index in [1.54, 1.807) is 12.4 Å². The number of carbonyl (C=O) groups excluding carboxylic acids is 1. The van der Waals surface area contributed by atoms with Crippen molar-refractivity contribution in [3.05, 3.63) is 60.2 Å². The molecule has 0 aliphatic rings. The van der Waals surface area contributed by atoms with Crippen LogP contribution in [0.25, 0.3) is 0 Å². The molecule has 1 atom stereocenters. The largest absolute Gasteiger partial charge is 0.480 e. The number of aliphatic carboxylic acids is 1. The topological polar surface area (TPSA) is 116 Å². The van der Waals surface area contributed by atoms with E-state index < -0.39 is 12.0 Å². The molecular weight excluding hydrogens is 370 g/mol. The first kappa shape index (κ1) is 22.4. The molecule has 0 bridgehead atoms. The molecule has 156 valence electrons. The molecule has 2 aromatic rings. The lowest BCUT2D eigenvalue weighted by atomic mass is 10.1. The molecule has 0 fully saturated rings. The monoisotopic (exact) mass is 399 g/mol. The molecule has 0 radical (unpaired) electrons. The van der Waals surface area contributed by atoms with Crippen molar-refractivity contribution in [1.82, 2.24) is 25.9 Å². The van der Waals surface area contributed by atoms with E-state index in [0.717, 1.165) is 11.4 Å². The summed E-state index contributed by atoms with van der Waals surface area (Å²) in [7, 11) is 0. The summed E-state index contributed by atoms with van der Waals surface area (Å²) >= 11 is 0. The fraction of sp³-hybridized carbons (Fsp3) is 0.429. The molecule has 4 N–H and O–H groups in total. The van der Waals surface area contributed by atoms with Crippen LogP contribution in [0.15, 0.2) is 48.8 Å². The van der Waals surface area contributed by atoms with Crippen LogP contribution in [0.4, 0.5) is 0 Å². The molecule has 0 spiro atoms. The average molecular weight is 399 g/mol. The van der Waals surface area contributed by atoms with Crippen molar-refractivity contribution in [3.8, 4) is 0 Å². The van der Waals surface area contributed by atoms with Gasteiger partial charge in [0.25, 0.3) is 0 Å². The van der Waals surface area contributed by atoms with Crippen LogP contribution in [0.3, 0.4) is 0 Å². The van der Waals surface area contributed by atoms with Crippen molar-refractivity contribution in [3.63, 3.8) is 0 Å². The molecule has 8 heteroatoms. The predicted octanol–water partition coefficient (Wildman–Crippen LogP) is 1.49. The Hall–Kier alpha value is -2.84. The normalized spacial score (nSPS) is 11.7. The van der Waals surface area contributed by atoms with Gasteiger partial charge in [0, 0.05) is 31.9 Å². The molecule has 0 aromatic carbocycles. The number of carboxylic acid groups (broad SMARTS) is 1. The standard InChI is InChI=1S/C21H29N5O3/c27-20(10-6-12-23-16-18-8-2-4-14-25-18)26-19(21(28)29)9-5-11-22-15-17-7-1-3-13-24-17/h1-4,7-8,13-14,19,22-23H,5-6,9-12,15-16H2,(H,26,27)(H,28,29)/t19-/m0/s1. The number of nitrogens with one attached hydrogen (secondary N) is 3. The second-order valence-electron chi connectivity index (χ2n) is 6.70. The van der Waals surface area contributed by atoms with Gasteiger partial charge in [0.1, 0.15) is 6.04 Å². The highest BCUT2D eigenvalue weighted by Crippen LogP contribution is 2.00. The lowest BCUT2D eigenvalue weighted by Crippen LogP contribution is -2.41. The van der Waals surface area contributed by atoms with E-state index in [4.69, 9.17) is 0 Å². The number of rotatable bonds is 14. The minimum Gasteiger partial charge on any atom is -0.480 e. The van der Waals surface area contributed by atoms with Crippen molar-refractivity contribution < 1.29 is 14.7 Å². The van der Waals surface area contributed by atoms with Crippen LogP contribution in [0, 0.1) is 0 Å². The number of nitrogens with zero attached hydrogens (tertiary/aromatic N) is 2. The summed E-state index contributed by atoms with van der Waals surface area (Å²) in [6.07, 6.45) is 5.43. The smallest absolute Gasteiger partial charge is 0.326 e. The Morgan fingerprint density at radius 2 is 1.48 bits per heavy atom. The minimum atomic E-state index is -1.00. The Balaban J connectivity index is 1.55. The summed E-state index contributed by atoms with van der Waals surface area (Å²) in [6.45, 7) is 2.61. The number of amides is 1. The van der Waals surface area contributed by atoms with Crippen LogP contribution in [-0.2, 0) is 22.7 Å². The molecule has 0 saturated carbocycles. The van der Waals surface area contributed by atoms with E-state index in [1.807, 2.05) is 36.4 Å². The Morgan fingerprint density at radius 3 is 2.00 bits per heavy atom. The van der Waals surface area contributed by atoms with E-state index in [1.165, 1.54) is 0 Å². The van der Waals surface area contributed by atoms with Gasteiger partial charge in [-0.1, -0.05) is 12.1 Å². The first-order valence-electron chi connectivity index (χ1n) is 9.88. The van der Waals surface area contributed by atoms with Gasteiger partial charge in [-0.2, -0.15) is 0 Å². The highest BCUT2D eigenvalue weighted by atomic mass is 16.4. The number of hydrogen-bond acceptors (Lipinski definition) is 6. The average Bonchev–Trinajstić information content (AvgIpc) is 2.74. The zero-order valence-electron chi connectivity index (χ0n) is 16.5. The second-order valence-corrected chi connectivity index (χ2v) is 6.70. The first-order chi connectivity index (χ1) is 14.1. The van der Waals surface area contributed by atoms with Gasteiger partial charge in [-0.25, -0.2) is 4.79 Å². The molecule has 29 heavy (non-hydrogen) atoms. The van der Waals surface area contributed by atoms with Crippen LogP contribution in [-0.4, -0.2) is 46.1 Å². The van der Waals surface area contributed by atoms with Crippen molar-refractivity contribution in [1.29, 1.82) is 0 Å². The Morgan fingerprint density at radius 1 is 0.897 bits per heavy atom. The molecule has 2 rings (SSSR count). The maximum absolute atomic E-state index is 12.0. The maximum atomic E-state index is 12.0. The van der Waals surface area contributed by atoms with Gasteiger partial charge in [0.15, 0.2) is 0 Å². The SMILES string of the molecule is O=C(CCCNCc1ccccn1)N[C@@H](CCCNCc1ccccn1)C(=O)O. The lowest BCUT2D eigenvalue weighted by molar-refractivity contribution is -0.142. The molecule has 0 unspecified atom stereocenters. The van der Waals surface area contributed by atoms with Gasteiger partial charge >= 0.3 is 5.97 Å². The Kier molecular flexibility index (Phi) is 10.3. The van der Waals surface area contributed by atoms with Crippen molar-refractivity contribution in [2.75, 3.05) is 13.1 Å². The van der Waals surface area contributed by atoms with Gasteiger partial charge in [0.05, 0.1) is 11.4 Å². The fourth-order valence-corrected chi connectivity index (χ4v) is 2.77. The van der Waals surface area contributed by atoms with Gasteiger partial charge in [-0.15, -0.1) is 0 Å². The third-order valence-electron chi connectivity index (χ3n) is 4.30. The van der Waals surface area contributed by atoms with Gasteiger partial charge < -0.3 is 21.1 Å². The molecule has 1 amide bonds. The summed E-state index contributed by atoms with van der Waals surface area (Å²) in [4.78, 5) is 31.8. The second kappa shape index (κ2) is 13.4. The van der Waals surface area contributed by atoms with E-state index in [2.05, 4.69) is 25.9 Å². The summed E-state index contributed by atoms with van der Waals surface area (Å²) in [6, 6.07) is 10.6. The lowest BCUT2D eigenvalue weighted by Gasteiger charge is -2.15. The van der Waals surface area contributed by atoms with Crippen LogP contribution in [0.5, 0.6) is 0 Å². The number of aromatic nitrogens is 2. The quantitative estimate of drug-likeness (QED) is 0.356. The van der Waals surface area contributed by atoms with Crippen molar-refractivity contribution in [2.24, 2.45) is 0 Å². The maximum Gasteiger partial charge on any atom is 0.326 e. The van der Waals surface area contributed by atoms with Gasteiger partial charge in [-0.05, 0) is 56.6 Å². The van der Waals surface area contributed by atoms with Crippen molar-refractivity contribution >= 4 is 11.9 Å². The molecule has 0 aliphatic carbocycles. The minimum absolute atomic E-state index is 0.238. The summed E-state index contributed by atoms with van der Waals surface area (Å²) in [5.41, 5.74) is 1.88. The van der Waals surface area contributed by atoms with Crippen LogP contribution in [0.2, 0.25) is 0 Å². The number of hydrogen-bond donors (Lipinski definition) is 4. The van der Waals surface area contributed by atoms with Crippen molar-refractivity contribution in [2.45, 2.75) is 44.8 Å². The van der Waals surface area contributed by atoms with Gasteiger partial charge in [0.2, 0.25) is 5.91 Å². The van der Waals surface area contributed by atoms with Crippen LogP contribution < -0.4 is 16.0 Å². The van der Waals surface area contributed by atoms with Gasteiger partial charge in [-0.3, -0.25) is 14.8 Å². The zero-order chi connectivity index (χ0) is 20.7. The van der Waals surface area contributed by atoms with E-state index in [9.17, 15) is 14.7 Å². The van der Waals surface area contributed by atoms with Crippen LogP contribution >= 0.6 is 0 Å². The zero-order valence-corrected chi connectivity index (χ0v) is 16.5. The highest BCUT2D eigenvalue weighted by Gasteiger charge is 2.19. The molecule has 2 aromatic heterocycles. The molecule has 0 saturated heterocycles. The third kappa shape index (κ3) is 9.77. The number of carbonyl (C=O) groups is 2. The Bertz CT molecular complexity index is 728. The summed E-state index contributed by atoms with van der Waals surface area (Å²) < 4.78 is 0. The highest BCUT2D eigenvalue weighted by molar-refractivity contribution is 5.83. The fourth-order valence-electron chi connectivity index (χ4n) is 2.77. The number of carboxylic acids is 1. The first-order valence-corrected chi connectivity index (χ1v) is 9.88. The summed E-state index contributed by atoms with van der Waals surface area (Å²) in [5, 5.41) is 18.4. The summed E-state index contributed by atoms with van der Waals surface area (Å²) in [5.74, 6) is -1.24. The molecule has 2 heterocycles. The molecule has 8 nitrogen and oxygen atoms in total. The number of pyridine rings is 2. The predicted molar refractivity (Wildman–Crippen MR) is 110 cm³/mol. The van der Waals surface area contributed by atoms with E-state index >= 15 is 0 Å². The molecule has 0 aliphatic heterocycles. The Labute approximate surface area is 171 Å². The van der Waals surface area contributed by atoms with Crippen LogP contribution in [0.1, 0.15) is 37.1 Å². The van der Waals surface area contributed by atoms with E-state index in [-0.39, 0.29) is 12.3 Å².